The predicted octanol–water partition coefficient (Wildman–Crippen LogP) is 4.81. The topological polar surface area (TPSA) is 93.9 Å². The lowest BCUT2D eigenvalue weighted by atomic mass is 9.81. The minimum atomic E-state index is 0.0170. The van der Waals surface area contributed by atoms with Crippen LogP contribution in [-0.2, 0) is 4.79 Å². The summed E-state index contributed by atoms with van der Waals surface area (Å²) in [6.07, 6.45) is 4.28. The molecule has 0 radical (unpaired) electrons. The summed E-state index contributed by atoms with van der Waals surface area (Å²) >= 11 is 0. The van der Waals surface area contributed by atoms with Crippen LogP contribution in [0.5, 0.6) is 5.75 Å². The molecule has 1 saturated carbocycles. The largest absolute Gasteiger partial charge is 0.484 e. The lowest BCUT2D eigenvalue weighted by Crippen LogP contribution is -2.42. The molecule has 0 unspecified atom stereocenters. The SMILES string of the molecule is NC(N)=NCC1CCC(CN(CC(c2ccccc2)c2ccccc2)C(=O)COc2ccccc2)CC1. The fraction of sp³-hybridized carbons (Fsp3) is 0.355. The number of hydrogen-bond acceptors (Lipinski definition) is 3. The second-order valence-electron chi connectivity index (χ2n) is 9.93. The van der Waals surface area contributed by atoms with Gasteiger partial charge >= 0.3 is 0 Å². The summed E-state index contributed by atoms with van der Waals surface area (Å²) in [5.74, 6) is 1.92. The number of carbonyl (C=O) groups excluding carboxylic acids is 1. The number of para-hydroxylation sites is 1. The predicted molar refractivity (Wildman–Crippen MR) is 149 cm³/mol. The van der Waals surface area contributed by atoms with E-state index in [1.807, 2.05) is 47.4 Å². The molecule has 1 amide bonds. The molecular weight excluding hydrogens is 460 g/mol. The molecule has 1 aliphatic rings. The smallest absolute Gasteiger partial charge is 0.260 e. The lowest BCUT2D eigenvalue weighted by molar-refractivity contribution is -0.134. The zero-order chi connectivity index (χ0) is 25.9. The number of rotatable bonds is 11. The summed E-state index contributed by atoms with van der Waals surface area (Å²) in [6.45, 7) is 2.05. The molecule has 0 atom stereocenters. The third-order valence-electron chi connectivity index (χ3n) is 7.24. The Kier molecular flexibility index (Phi) is 9.58. The van der Waals surface area contributed by atoms with E-state index in [0.717, 1.165) is 32.2 Å². The Morgan fingerprint density at radius 3 is 1.86 bits per heavy atom. The first-order valence-electron chi connectivity index (χ1n) is 13.2. The van der Waals surface area contributed by atoms with Crippen LogP contribution >= 0.6 is 0 Å². The summed E-state index contributed by atoms with van der Waals surface area (Å²) in [7, 11) is 0. The third kappa shape index (κ3) is 8.10. The first kappa shape index (κ1) is 26.3. The van der Waals surface area contributed by atoms with Gasteiger partial charge in [-0.1, -0.05) is 78.9 Å². The van der Waals surface area contributed by atoms with Gasteiger partial charge in [0.25, 0.3) is 5.91 Å². The Labute approximate surface area is 220 Å². The second kappa shape index (κ2) is 13.5. The van der Waals surface area contributed by atoms with Gasteiger partial charge in [0.05, 0.1) is 0 Å². The Morgan fingerprint density at radius 2 is 1.32 bits per heavy atom. The van der Waals surface area contributed by atoms with Gasteiger partial charge in [-0.25, -0.2) is 0 Å². The van der Waals surface area contributed by atoms with E-state index < -0.39 is 0 Å². The Bertz CT molecular complexity index is 1070. The van der Waals surface area contributed by atoms with Gasteiger partial charge < -0.3 is 21.1 Å². The van der Waals surface area contributed by atoms with E-state index in [1.165, 1.54) is 11.1 Å². The molecule has 4 N–H and O–H groups in total. The molecule has 0 bridgehead atoms. The van der Waals surface area contributed by atoms with E-state index in [-0.39, 0.29) is 24.4 Å². The van der Waals surface area contributed by atoms with Gasteiger partial charge in [0.1, 0.15) is 5.75 Å². The molecule has 0 spiro atoms. The lowest BCUT2D eigenvalue weighted by Gasteiger charge is -2.34. The van der Waals surface area contributed by atoms with Gasteiger partial charge in [0.2, 0.25) is 0 Å². The number of hydrogen-bond donors (Lipinski definition) is 2. The molecule has 37 heavy (non-hydrogen) atoms. The summed E-state index contributed by atoms with van der Waals surface area (Å²) in [5.41, 5.74) is 13.5. The molecule has 0 aromatic heterocycles. The van der Waals surface area contributed by atoms with Crippen molar-refractivity contribution in [2.45, 2.75) is 31.6 Å². The molecular formula is C31H38N4O2. The Morgan fingerprint density at radius 1 is 0.811 bits per heavy atom. The van der Waals surface area contributed by atoms with Gasteiger partial charge in [-0.05, 0) is 60.8 Å². The molecule has 6 nitrogen and oxygen atoms in total. The molecule has 6 heteroatoms. The summed E-state index contributed by atoms with van der Waals surface area (Å²) in [6, 6.07) is 30.4. The average molecular weight is 499 g/mol. The van der Waals surface area contributed by atoms with Gasteiger partial charge in [-0.3, -0.25) is 9.79 Å². The molecule has 194 valence electrons. The van der Waals surface area contributed by atoms with Crippen molar-refractivity contribution in [1.82, 2.24) is 4.90 Å². The van der Waals surface area contributed by atoms with Crippen molar-refractivity contribution in [3.05, 3.63) is 102 Å². The van der Waals surface area contributed by atoms with Gasteiger partial charge in [0, 0.05) is 25.6 Å². The van der Waals surface area contributed by atoms with Crippen LogP contribution in [0.4, 0.5) is 0 Å². The monoisotopic (exact) mass is 498 g/mol. The number of carbonyl (C=O) groups is 1. The van der Waals surface area contributed by atoms with Crippen molar-refractivity contribution in [2.75, 3.05) is 26.2 Å². The second-order valence-corrected chi connectivity index (χ2v) is 9.93. The van der Waals surface area contributed by atoms with Gasteiger partial charge in [-0.15, -0.1) is 0 Å². The quantitative estimate of drug-likeness (QED) is 0.293. The van der Waals surface area contributed by atoms with E-state index in [4.69, 9.17) is 16.2 Å². The number of ether oxygens (including phenoxy) is 1. The molecule has 0 heterocycles. The zero-order valence-corrected chi connectivity index (χ0v) is 21.4. The summed E-state index contributed by atoms with van der Waals surface area (Å²) in [5, 5.41) is 0. The van der Waals surface area contributed by atoms with Crippen LogP contribution in [0.3, 0.4) is 0 Å². The van der Waals surface area contributed by atoms with Crippen LogP contribution < -0.4 is 16.2 Å². The van der Waals surface area contributed by atoms with Gasteiger partial charge in [-0.2, -0.15) is 0 Å². The van der Waals surface area contributed by atoms with E-state index in [0.29, 0.717) is 30.7 Å². The number of nitrogens with zero attached hydrogens (tertiary/aromatic N) is 2. The minimum absolute atomic E-state index is 0.0170. The first-order chi connectivity index (χ1) is 18.1. The third-order valence-corrected chi connectivity index (χ3v) is 7.24. The molecule has 0 saturated heterocycles. The highest BCUT2D eigenvalue weighted by molar-refractivity contribution is 5.78. The van der Waals surface area contributed by atoms with Crippen LogP contribution in [0.15, 0.2) is 96.0 Å². The highest BCUT2D eigenvalue weighted by Crippen LogP contribution is 2.31. The van der Waals surface area contributed by atoms with Crippen LogP contribution in [-0.4, -0.2) is 43.0 Å². The normalized spacial score (nSPS) is 17.2. The molecule has 3 aromatic carbocycles. The van der Waals surface area contributed by atoms with E-state index in [2.05, 4.69) is 53.5 Å². The van der Waals surface area contributed by atoms with Crippen molar-refractivity contribution in [3.63, 3.8) is 0 Å². The number of guanidine groups is 1. The van der Waals surface area contributed by atoms with Crippen LogP contribution in [0.25, 0.3) is 0 Å². The average Bonchev–Trinajstić information content (AvgIpc) is 2.95. The maximum Gasteiger partial charge on any atom is 0.260 e. The highest BCUT2D eigenvalue weighted by Gasteiger charge is 2.28. The minimum Gasteiger partial charge on any atom is -0.484 e. The summed E-state index contributed by atoms with van der Waals surface area (Å²) in [4.78, 5) is 19.8. The van der Waals surface area contributed by atoms with Crippen LogP contribution in [0.1, 0.15) is 42.7 Å². The van der Waals surface area contributed by atoms with E-state index >= 15 is 0 Å². The Balaban J connectivity index is 1.49. The maximum absolute atomic E-state index is 13.6. The fourth-order valence-corrected chi connectivity index (χ4v) is 5.17. The van der Waals surface area contributed by atoms with Crippen molar-refractivity contribution in [1.29, 1.82) is 0 Å². The van der Waals surface area contributed by atoms with Crippen molar-refractivity contribution in [3.8, 4) is 5.75 Å². The zero-order valence-electron chi connectivity index (χ0n) is 21.4. The van der Waals surface area contributed by atoms with Gasteiger partial charge in [0.15, 0.2) is 12.6 Å². The maximum atomic E-state index is 13.6. The van der Waals surface area contributed by atoms with Crippen molar-refractivity contribution in [2.24, 2.45) is 28.3 Å². The number of benzene rings is 3. The highest BCUT2D eigenvalue weighted by atomic mass is 16.5. The number of aliphatic imine (C=N–C) groups is 1. The molecule has 1 aliphatic carbocycles. The molecule has 4 rings (SSSR count). The van der Waals surface area contributed by atoms with Crippen LogP contribution in [0.2, 0.25) is 0 Å². The molecule has 3 aromatic rings. The standard InChI is InChI=1S/C31H38N4O2/c32-31(33)34-20-24-16-18-25(19-17-24)21-35(30(36)23-37-28-14-8-3-9-15-28)22-29(26-10-4-1-5-11-26)27-12-6-2-7-13-27/h1-15,24-25,29H,16-23H2,(H4,32,33,34). The van der Waals surface area contributed by atoms with Crippen LogP contribution in [0, 0.1) is 11.8 Å². The van der Waals surface area contributed by atoms with Crippen molar-refractivity contribution < 1.29 is 9.53 Å². The van der Waals surface area contributed by atoms with E-state index in [1.54, 1.807) is 0 Å². The molecule has 0 aliphatic heterocycles. The number of nitrogens with two attached hydrogens (primary N) is 2. The Hall–Kier alpha value is -3.80. The molecule has 1 fully saturated rings. The summed E-state index contributed by atoms with van der Waals surface area (Å²) < 4.78 is 5.87. The van der Waals surface area contributed by atoms with Crippen molar-refractivity contribution >= 4 is 11.9 Å². The first-order valence-corrected chi connectivity index (χ1v) is 13.2. The van der Waals surface area contributed by atoms with E-state index in [9.17, 15) is 4.79 Å². The fourth-order valence-electron chi connectivity index (χ4n) is 5.17. The number of amides is 1.